The summed E-state index contributed by atoms with van der Waals surface area (Å²) in [6.07, 6.45) is 5.93. The van der Waals surface area contributed by atoms with Crippen LogP contribution in [0.5, 0.6) is 0 Å². The number of benzene rings is 1. The van der Waals surface area contributed by atoms with E-state index in [1.54, 1.807) is 12.4 Å². The quantitative estimate of drug-likeness (QED) is 0.375. The Morgan fingerprint density at radius 3 is 2.57 bits per heavy atom. The Labute approximate surface area is 175 Å². The number of aryl methyl sites for hydroxylation is 1. The van der Waals surface area contributed by atoms with Gasteiger partial charge in [0.1, 0.15) is 5.01 Å². The summed E-state index contributed by atoms with van der Waals surface area (Å²) in [4.78, 5) is 22.4. The van der Waals surface area contributed by atoms with Crippen molar-refractivity contribution in [1.82, 2.24) is 9.97 Å². The summed E-state index contributed by atoms with van der Waals surface area (Å²) in [6, 6.07) is 11.9. The lowest BCUT2D eigenvalue weighted by atomic mass is 9.86. The van der Waals surface area contributed by atoms with Gasteiger partial charge in [0.15, 0.2) is 5.78 Å². The number of hydrogen-bond acceptors (Lipinski definition) is 4. The van der Waals surface area contributed by atoms with Gasteiger partial charge in [0.25, 0.3) is 0 Å². The van der Waals surface area contributed by atoms with Crippen molar-refractivity contribution in [2.24, 2.45) is 5.92 Å². The molecule has 3 rings (SSSR count). The standard InChI is InChI=1S/C23H25ClN2OS/c1-15(2)13-18(17-6-9-20(24)10-7-17)8-11-21(27)22-16(3)26-23(28-22)19-5-4-12-25-14-19/h4-7,9-10,12,14-15,18H,8,11,13H2,1-3H3. The van der Waals surface area contributed by atoms with Crippen LogP contribution < -0.4 is 0 Å². The molecule has 0 saturated carbocycles. The predicted octanol–water partition coefficient (Wildman–Crippen LogP) is 6.96. The molecule has 1 atom stereocenters. The highest BCUT2D eigenvalue weighted by molar-refractivity contribution is 7.17. The zero-order chi connectivity index (χ0) is 20.1. The highest BCUT2D eigenvalue weighted by atomic mass is 35.5. The number of Topliss-reactive ketones (excluding diaryl/α,β-unsaturated/α-hetero) is 1. The lowest BCUT2D eigenvalue weighted by molar-refractivity contribution is 0.0979. The summed E-state index contributed by atoms with van der Waals surface area (Å²) >= 11 is 7.50. The molecule has 3 nitrogen and oxygen atoms in total. The molecule has 0 spiro atoms. The molecule has 1 aromatic carbocycles. The van der Waals surface area contributed by atoms with Crippen LogP contribution in [0.15, 0.2) is 48.8 Å². The molecule has 2 aromatic heterocycles. The van der Waals surface area contributed by atoms with Crippen LogP contribution in [0.25, 0.3) is 10.6 Å². The fourth-order valence-electron chi connectivity index (χ4n) is 3.41. The monoisotopic (exact) mass is 412 g/mol. The average molecular weight is 413 g/mol. The van der Waals surface area contributed by atoms with E-state index in [-0.39, 0.29) is 5.78 Å². The molecule has 0 N–H and O–H groups in total. The molecule has 3 aromatic rings. The van der Waals surface area contributed by atoms with Gasteiger partial charge < -0.3 is 0 Å². The van der Waals surface area contributed by atoms with Gasteiger partial charge >= 0.3 is 0 Å². The van der Waals surface area contributed by atoms with Crippen molar-refractivity contribution >= 4 is 28.7 Å². The lowest BCUT2D eigenvalue weighted by Crippen LogP contribution is -2.07. The third kappa shape index (κ3) is 5.27. The van der Waals surface area contributed by atoms with E-state index in [4.69, 9.17) is 11.6 Å². The van der Waals surface area contributed by atoms with Crippen molar-refractivity contribution in [2.75, 3.05) is 0 Å². The molecule has 0 aliphatic rings. The van der Waals surface area contributed by atoms with Crippen molar-refractivity contribution in [3.63, 3.8) is 0 Å². The van der Waals surface area contributed by atoms with Crippen molar-refractivity contribution in [3.05, 3.63) is 69.9 Å². The second-order valence-electron chi connectivity index (χ2n) is 7.52. The number of nitrogens with zero attached hydrogens (tertiary/aromatic N) is 2. The van der Waals surface area contributed by atoms with E-state index in [1.807, 2.05) is 31.2 Å². The number of halogens is 1. The van der Waals surface area contributed by atoms with Crippen LogP contribution in [0, 0.1) is 12.8 Å². The first-order valence-corrected chi connectivity index (χ1v) is 10.8. The molecule has 28 heavy (non-hydrogen) atoms. The lowest BCUT2D eigenvalue weighted by Gasteiger charge is -2.19. The van der Waals surface area contributed by atoms with Crippen LogP contribution in [0.4, 0.5) is 0 Å². The van der Waals surface area contributed by atoms with E-state index >= 15 is 0 Å². The first-order valence-electron chi connectivity index (χ1n) is 9.60. The molecule has 0 aliphatic heterocycles. The van der Waals surface area contributed by atoms with E-state index in [0.717, 1.165) is 39.0 Å². The van der Waals surface area contributed by atoms with Crippen LogP contribution in [0.3, 0.4) is 0 Å². The third-order valence-electron chi connectivity index (χ3n) is 4.78. The Morgan fingerprint density at radius 2 is 1.93 bits per heavy atom. The van der Waals surface area contributed by atoms with Crippen LogP contribution in [0.2, 0.25) is 5.02 Å². The van der Waals surface area contributed by atoms with Gasteiger partial charge in [-0.1, -0.05) is 37.6 Å². The predicted molar refractivity (Wildman–Crippen MR) is 117 cm³/mol. The van der Waals surface area contributed by atoms with Crippen LogP contribution >= 0.6 is 22.9 Å². The summed E-state index contributed by atoms with van der Waals surface area (Å²) in [6.45, 7) is 6.35. The van der Waals surface area contributed by atoms with Gasteiger partial charge in [0, 0.05) is 29.4 Å². The van der Waals surface area contributed by atoms with E-state index < -0.39 is 0 Å². The highest BCUT2D eigenvalue weighted by Gasteiger charge is 2.20. The number of thiazole rings is 1. The number of rotatable bonds is 8. The SMILES string of the molecule is Cc1nc(-c2cccnc2)sc1C(=O)CCC(CC(C)C)c1ccc(Cl)cc1. The van der Waals surface area contributed by atoms with Gasteiger partial charge in [-0.3, -0.25) is 9.78 Å². The second-order valence-corrected chi connectivity index (χ2v) is 8.95. The second kappa shape index (κ2) is 9.44. The van der Waals surface area contributed by atoms with Crippen LogP contribution in [-0.2, 0) is 0 Å². The van der Waals surface area contributed by atoms with E-state index in [0.29, 0.717) is 18.3 Å². The minimum atomic E-state index is 0.174. The molecular weight excluding hydrogens is 388 g/mol. The number of hydrogen-bond donors (Lipinski definition) is 0. The molecule has 0 saturated heterocycles. The van der Waals surface area contributed by atoms with Crippen molar-refractivity contribution in [2.45, 2.75) is 46.0 Å². The molecule has 0 amide bonds. The summed E-state index contributed by atoms with van der Waals surface area (Å²) in [5.41, 5.74) is 3.01. The molecule has 0 radical (unpaired) electrons. The first kappa shape index (κ1) is 20.7. The number of aromatic nitrogens is 2. The Hall–Kier alpha value is -2.04. The number of carbonyl (C=O) groups is 1. The van der Waals surface area contributed by atoms with Gasteiger partial charge in [0.05, 0.1) is 10.6 Å². The number of pyridine rings is 1. The van der Waals surface area contributed by atoms with E-state index in [9.17, 15) is 4.79 Å². The Kier molecular flexibility index (Phi) is 6.97. The largest absolute Gasteiger partial charge is 0.293 e. The molecule has 146 valence electrons. The van der Waals surface area contributed by atoms with Crippen LogP contribution in [0.1, 0.15) is 60.0 Å². The zero-order valence-corrected chi connectivity index (χ0v) is 18.1. The summed E-state index contributed by atoms with van der Waals surface area (Å²) in [5, 5.41) is 1.59. The summed E-state index contributed by atoms with van der Waals surface area (Å²) in [5.74, 6) is 1.10. The molecule has 1 unspecified atom stereocenters. The maximum atomic E-state index is 12.9. The molecule has 0 bridgehead atoms. The van der Waals surface area contributed by atoms with Gasteiger partial charge in [-0.25, -0.2) is 4.98 Å². The third-order valence-corrected chi connectivity index (χ3v) is 6.28. The van der Waals surface area contributed by atoms with Gasteiger partial charge in [-0.15, -0.1) is 11.3 Å². The smallest absolute Gasteiger partial charge is 0.174 e. The van der Waals surface area contributed by atoms with Crippen molar-refractivity contribution in [3.8, 4) is 10.6 Å². The maximum Gasteiger partial charge on any atom is 0.174 e. The van der Waals surface area contributed by atoms with Crippen molar-refractivity contribution < 1.29 is 4.79 Å². The summed E-state index contributed by atoms with van der Waals surface area (Å²) in [7, 11) is 0. The maximum absolute atomic E-state index is 12.9. The molecule has 5 heteroatoms. The minimum Gasteiger partial charge on any atom is -0.293 e. The van der Waals surface area contributed by atoms with Crippen molar-refractivity contribution in [1.29, 1.82) is 0 Å². The van der Waals surface area contributed by atoms with Gasteiger partial charge in [-0.2, -0.15) is 0 Å². The Morgan fingerprint density at radius 1 is 1.18 bits per heavy atom. The Balaban J connectivity index is 1.72. The molecule has 2 heterocycles. The number of carbonyl (C=O) groups excluding carboxylic acids is 1. The normalized spacial score (nSPS) is 12.3. The van der Waals surface area contributed by atoms with Gasteiger partial charge in [-0.05, 0) is 61.4 Å². The van der Waals surface area contributed by atoms with E-state index in [1.165, 1.54) is 16.9 Å². The van der Waals surface area contributed by atoms with E-state index in [2.05, 4.69) is 35.9 Å². The first-order chi connectivity index (χ1) is 13.4. The molecule has 0 aliphatic carbocycles. The number of ketones is 1. The zero-order valence-electron chi connectivity index (χ0n) is 16.5. The Bertz CT molecular complexity index is 920. The molecule has 0 fully saturated rings. The fourth-order valence-corrected chi connectivity index (χ4v) is 4.56. The fraction of sp³-hybridized carbons (Fsp3) is 0.348. The van der Waals surface area contributed by atoms with Crippen LogP contribution in [-0.4, -0.2) is 15.8 Å². The highest BCUT2D eigenvalue weighted by Crippen LogP contribution is 2.32. The summed E-state index contributed by atoms with van der Waals surface area (Å²) < 4.78 is 0. The average Bonchev–Trinajstić information content (AvgIpc) is 3.08. The minimum absolute atomic E-state index is 0.174. The topological polar surface area (TPSA) is 42.9 Å². The van der Waals surface area contributed by atoms with Gasteiger partial charge in [0.2, 0.25) is 0 Å². The molecular formula is C23H25ClN2OS.